The molecular formula is C14H21FN2. The highest BCUT2D eigenvalue weighted by Gasteiger charge is 2.30. The van der Waals surface area contributed by atoms with Gasteiger partial charge in [0.2, 0.25) is 0 Å². The molecule has 1 aromatic carbocycles. The summed E-state index contributed by atoms with van der Waals surface area (Å²) in [6.07, 6.45) is 3.54. The second-order valence-electron chi connectivity index (χ2n) is 4.97. The van der Waals surface area contributed by atoms with E-state index in [0.29, 0.717) is 29.9 Å². The molecule has 0 saturated carbocycles. The molecule has 3 heteroatoms. The van der Waals surface area contributed by atoms with Gasteiger partial charge in [-0.05, 0) is 38.3 Å². The van der Waals surface area contributed by atoms with Gasteiger partial charge in [0.1, 0.15) is 5.82 Å². The number of nitrogens with two attached hydrogens (primary N) is 1. The van der Waals surface area contributed by atoms with Gasteiger partial charge in [0.05, 0.1) is 0 Å². The second-order valence-corrected chi connectivity index (χ2v) is 4.97. The summed E-state index contributed by atoms with van der Waals surface area (Å²) in [7, 11) is 0. The van der Waals surface area contributed by atoms with Crippen molar-refractivity contribution in [1.82, 2.24) is 4.90 Å². The predicted molar refractivity (Wildman–Crippen MR) is 69.1 cm³/mol. The highest BCUT2D eigenvalue weighted by molar-refractivity contribution is 5.47. The number of hydrogen-bond acceptors (Lipinski definition) is 2. The fourth-order valence-corrected chi connectivity index (χ4v) is 2.77. The first kappa shape index (κ1) is 12.4. The van der Waals surface area contributed by atoms with Gasteiger partial charge < -0.3 is 5.73 Å². The molecule has 1 aromatic rings. The fraction of sp³-hybridized carbons (Fsp3) is 0.571. The average molecular weight is 236 g/mol. The number of rotatable bonds is 3. The molecule has 0 aromatic heterocycles. The quantitative estimate of drug-likeness (QED) is 0.817. The van der Waals surface area contributed by atoms with Crippen LogP contribution in [0.3, 0.4) is 0 Å². The summed E-state index contributed by atoms with van der Waals surface area (Å²) in [5.41, 5.74) is 7.09. The Balaban J connectivity index is 2.19. The summed E-state index contributed by atoms with van der Waals surface area (Å²) in [5.74, 6) is -0.182. The maximum Gasteiger partial charge on any atom is 0.129 e. The third-order valence-corrected chi connectivity index (χ3v) is 3.92. The minimum Gasteiger partial charge on any atom is -0.398 e. The minimum atomic E-state index is -0.182. The van der Waals surface area contributed by atoms with Crippen molar-refractivity contribution in [3.8, 4) is 0 Å². The van der Waals surface area contributed by atoms with Crippen LogP contribution >= 0.6 is 0 Å². The Morgan fingerprint density at radius 1 is 1.41 bits per heavy atom. The summed E-state index contributed by atoms with van der Waals surface area (Å²) in [6.45, 7) is 5.05. The van der Waals surface area contributed by atoms with E-state index >= 15 is 0 Å². The maximum atomic E-state index is 13.8. The molecule has 1 aliphatic heterocycles. The van der Waals surface area contributed by atoms with E-state index in [9.17, 15) is 4.39 Å². The molecule has 0 aliphatic carbocycles. The van der Waals surface area contributed by atoms with Crippen molar-refractivity contribution in [3.63, 3.8) is 0 Å². The van der Waals surface area contributed by atoms with Crippen LogP contribution in [0, 0.1) is 5.82 Å². The van der Waals surface area contributed by atoms with E-state index in [1.165, 1.54) is 18.9 Å². The third kappa shape index (κ3) is 2.44. The summed E-state index contributed by atoms with van der Waals surface area (Å²) >= 11 is 0. The Bertz CT molecular complexity index is 372. The molecule has 94 valence electrons. The molecule has 0 spiro atoms. The molecular weight excluding hydrogens is 215 g/mol. The van der Waals surface area contributed by atoms with Gasteiger partial charge in [0, 0.05) is 29.9 Å². The number of hydrogen-bond donors (Lipinski definition) is 1. The van der Waals surface area contributed by atoms with Gasteiger partial charge in [0.25, 0.3) is 0 Å². The summed E-state index contributed by atoms with van der Waals surface area (Å²) in [5, 5.41) is 0. The lowest BCUT2D eigenvalue weighted by molar-refractivity contribution is 0.187. The van der Waals surface area contributed by atoms with Gasteiger partial charge in [0.15, 0.2) is 0 Å². The molecule has 1 saturated heterocycles. The smallest absolute Gasteiger partial charge is 0.129 e. The van der Waals surface area contributed by atoms with Gasteiger partial charge in [-0.25, -0.2) is 4.39 Å². The first-order chi connectivity index (χ1) is 8.13. The zero-order chi connectivity index (χ0) is 12.4. The van der Waals surface area contributed by atoms with Crippen molar-refractivity contribution in [1.29, 1.82) is 0 Å². The molecule has 0 bridgehead atoms. The molecule has 2 rings (SSSR count). The zero-order valence-corrected chi connectivity index (χ0v) is 10.6. The number of nitrogen functional groups attached to an aromatic ring is 1. The average Bonchev–Trinajstić information content (AvgIpc) is 2.65. The Morgan fingerprint density at radius 3 is 2.82 bits per heavy atom. The molecule has 1 heterocycles. The lowest BCUT2D eigenvalue weighted by Gasteiger charge is -2.28. The first-order valence-electron chi connectivity index (χ1n) is 6.42. The van der Waals surface area contributed by atoms with Gasteiger partial charge in [-0.2, -0.15) is 0 Å². The van der Waals surface area contributed by atoms with Crippen molar-refractivity contribution in [2.45, 2.75) is 51.7 Å². The van der Waals surface area contributed by atoms with Crippen molar-refractivity contribution in [2.24, 2.45) is 0 Å². The second kappa shape index (κ2) is 5.05. The molecule has 2 unspecified atom stereocenters. The largest absolute Gasteiger partial charge is 0.398 e. The standard InChI is InChI=1S/C14H21FN2/c1-3-11-8-7-10(2)17(11)9-12-13(15)5-4-6-14(12)16/h4-6,10-11H,3,7-9,16H2,1-2H3. The van der Waals surface area contributed by atoms with Crippen molar-refractivity contribution >= 4 is 5.69 Å². The first-order valence-corrected chi connectivity index (χ1v) is 6.42. The Morgan fingerprint density at radius 2 is 2.18 bits per heavy atom. The Kier molecular flexibility index (Phi) is 3.67. The number of nitrogens with zero attached hydrogens (tertiary/aromatic N) is 1. The van der Waals surface area contributed by atoms with Crippen LogP contribution in [-0.4, -0.2) is 17.0 Å². The van der Waals surface area contributed by atoms with Crippen LogP contribution in [0.5, 0.6) is 0 Å². The maximum absolute atomic E-state index is 13.8. The van der Waals surface area contributed by atoms with E-state index in [-0.39, 0.29) is 5.82 Å². The fourth-order valence-electron chi connectivity index (χ4n) is 2.77. The molecule has 2 nitrogen and oxygen atoms in total. The molecule has 17 heavy (non-hydrogen) atoms. The van der Waals surface area contributed by atoms with Crippen LogP contribution in [0.4, 0.5) is 10.1 Å². The van der Waals surface area contributed by atoms with Crippen LogP contribution in [0.2, 0.25) is 0 Å². The summed E-state index contributed by atoms with van der Waals surface area (Å²) < 4.78 is 13.8. The molecule has 0 radical (unpaired) electrons. The topological polar surface area (TPSA) is 29.3 Å². The van der Waals surface area contributed by atoms with Gasteiger partial charge in [-0.3, -0.25) is 4.90 Å². The van der Waals surface area contributed by atoms with Crippen LogP contribution in [0.25, 0.3) is 0 Å². The molecule has 1 fully saturated rings. The van der Waals surface area contributed by atoms with E-state index in [1.54, 1.807) is 12.1 Å². The number of benzene rings is 1. The van der Waals surface area contributed by atoms with Gasteiger partial charge in [-0.1, -0.05) is 13.0 Å². The number of halogens is 1. The monoisotopic (exact) mass is 236 g/mol. The van der Waals surface area contributed by atoms with E-state index in [0.717, 1.165) is 6.42 Å². The van der Waals surface area contributed by atoms with E-state index in [2.05, 4.69) is 18.7 Å². The van der Waals surface area contributed by atoms with Crippen LogP contribution in [0.15, 0.2) is 18.2 Å². The van der Waals surface area contributed by atoms with Crippen molar-refractivity contribution in [3.05, 3.63) is 29.6 Å². The van der Waals surface area contributed by atoms with Crippen LogP contribution in [-0.2, 0) is 6.54 Å². The number of anilines is 1. The third-order valence-electron chi connectivity index (χ3n) is 3.92. The summed E-state index contributed by atoms with van der Waals surface area (Å²) in [4.78, 5) is 2.38. The zero-order valence-electron chi connectivity index (χ0n) is 10.6. The Labute approximate surface area is 103 Å². The normalized spacial score (nSPS) is 25.4. The van der Waals surface area contributed by atoms with Crippen molar-refractivity contribution in [2.75, 3.05) is 5.73 Å². The van der Waals surface area contributed by atoms with Gasteiger partial charge in [-0.15, -0.1) is 0 Å². The van der Waals surface area contributed by atoms with Crippen molar-refractivity contribution < 1.29 is 4.39 Å². The molecule has 0 amide bonds. The summed E-state index contributed by atoms with van der Waals surface area (Å²) in [6, 6.07) is 6.04. The predicted octanol–water partition coefficient (Wildman–Crippen LogP) is 3.17. The number of likely N-dealkylation sites (tertiary alicyclic amines) is 1. The van der Waals surface area contributed by atoms with E-state index < -0.39 is 0 Å². The lowest BCUT2D eigenvalue weighted by atomic mass is 10.1. The minimum absolute atomic E-state index is 0.182. The van der Waals surface area contributed by atoms with Crippen LogP contribution < -0.4 is 5.73 Å². The highest BCUT2D eigenvalue weighted by Crippen LogP contribution is 2.29. The molecule has 1 aliphatic rings. The van der Waals surface area contributed by atoms with Gasteiger partial charge >= 0.3 is 0 Å². The Hall–Kier alpha value is -1.09. The molecule has 2 N–H and O–H groups in total. The SMILES string of the molecule is CCC1CCC(C)N1Cc1c(N)cccc1F. The van der Waals surface area contributed by atoms with E-state index in [1.807, 2.05) is 0 Å². The highest BCUT2D eigenvalue weighted by atomic mass is 19.1. The van der Waals surface area contributed by atoms with Crippen LogP contribution in [0.1, 0.15) is 38.7 Å². The lowest BCUT2D eigenvalue weighted by Crippen LogP contribution is -2.34. The van der Waals surface area contributed by atoms with E-state index in [4.69, 9.17) is 5.73 Å². The molecule has 2 atom stereocenters.